The second-order valence-corrected chi connectivity index (χ2v) is 4.28. The predicted octanol–water partition coefficient (Wildman–Crippen LogP) is 2.03. The van der Waals surface area contributed by atoms with Crippen molar-refractivity contribution in [1.29, 1.82) is 5.26 Å². The molecule has 0 amide bonds. The summed E-state index contributed by atoms with van der Waals surface area (Å²) in [6.45, 7) is 2.12. The van der Waals surface area contributed by atoms with Crippen LogP contribution in [0.1, 0.15) is 18.4 Å². The summed E-state index contributed by atoms with van der Waals surface area (Å²) in [6.07, 6.45) is 2.54. The normalized spacial score (nSPS) is 21.4. The molecule has 16 heavy (non-hydrogen) atoms. The number of nitriles is 1. The summed E-state index contributed by atoms with van der Waals surface area (Å²) >= 11 is 0. The van der Waals surface area contributed by atoms with Crippen molar-refractivity contribution < 1.29 is 4.74 Å². The van der Waals surface area contributed by atoms with Crippen LogP contribution in [0.15, 0.2) is 24.3 Å². The fourth-order valence-electron chi connectivity index (χ4n) is 2.05. The van der Waals surface area contributed by atoms with Gasteiger partial charge in [0.25, 0.3) is 0 Å². The number of benzene rings is 1. The van der Waals surface area contributed by atoms with Gasteiger partial charge in [-0.1, -0.05) is 6.07 Å². The average molecular weight is 216 g/mol. The van der Waals surface area contributed by atoms with E-state index in [1.807, 2.05) is 12.1 Å². The fraction of sp³-hybridized carbons (Fsp3) is 0.462. The van der Waals surface area contributed by atoms with Crippen molar-refractivity contribution in [3.8, 4) is 11.8 Å². The number of nitrogens with zero attached hydrogens (tertiary/aromatic N) is 2. The summed E-state index contributed by atoms with van der Waals surface area (Å²) in [5, 5.41) is 8.80. The highest BCUT2D eigenvalue weighted by Gasteiger charge is 2.18. The Labute approximate surface area is 96.2 Å². The first-order valence-electron chi connectivity index (χ1n) is 5.63. The van der Waals surface area contributed by atoms with Crippen LogP contribution in [0.2, 0.25) is 0 Å². The molecule has 0 aliphatic carbocycles. The summed E-state index contributed by atoms with van der Waals surface area (Å²) in [6, 6.07) is 9.49. The Kier molecular flexibility index (Phi) is 3.43. The van der Waals surface area contributed by atoms with E-state index in [2.05, 4.69) is 18.0 Å². The first-order chi connectivity index (χ1) is 7.78. The van der Waals surface area contributed by atoms with Crippen LogP contribution >= 0.6 is 0 Å². The van der Waals surface area contributed by atoms with Gasteiger partial charge in [0.1, 0.15) is 11.9 Å². The molecule has 1 atom stereocenters. The third kappa shape index (κ3) is 2.74. The number of likely N-dealkylation sites (N-methyl/N-ethyl adjacent to an activating group) is 1. The largest absolute Gasteiger partial charge is 0.489 e. The fourth-order valence-corrected chi connectivity index (χ4v) is 2.05. The van der Waals surface area contributed by atoms with Crippen LogP contribution in [0, 0.1) is 11.3 Å². The molecule has 0 saturated carbocycles. The number of rotatable bonds is 2. The maximum Gasteiger partial charge on any atom is 0.121 e. The lowest BCUT2D eigenvalue weighted by Gasteiger charge is -2.30. The van der Waals surface area contributed by atoms with Gasteiger partial charge in [-0.2, -0.15) is 5.26 Å². The van der Waals surface area contributed by atoms with Crippen LogP contribution in [0.25, 0.3) is 0 Å². The van der Waals surface area contributed by atoms with Gasteiger partial charge in [0.05, 0.1) is 11.6 Å². The van der Waals surface area contributed by atoms with Gasteiger partial charge in [0.15, 0.2) is 0 Å². The molecule has 1 aliphatic rings. The molecular weight excluding hydrogens is 200 g/mol. The van der Waals surface area contributed by atoms with E-state index in [1.54, 1.807) is 12.1 Å². The Hall–Kier alpha value is -1.53. The summed E-state index contributed by atoms with van der Waals surface area (Å²) < 4.78 is 5.88. The quantitative estimate of drug-likeness (QED) is 0.759. The molecule has 3 heteroatoms. The standard InChI is InChI=1S/C13H16N2O/c1-15-7-3-6-13(10-15)16-12-5-2-4-11(8-12)9-14/h2,4-5,8,13H,3,6-7,10H2,1H3. The topological polar surface area (TPSA) is 36.3 Å². The molecule has 1 saturated heterocycles. The van der Waals surface area contributed by atoms with Crippen molar-refractivity contribution in [2.75, 3.05) is 20.1 Å². The zero-order valence-electron chi connectivity index (χ0n) is 9.52. The van der Waals surface area contributed by atoms with Crippen molar-refractivity contribution in [2.24, 2.45) is 0 Å². The van der Waals surface area contributed by atoms with E-state index >= 15 is 0 Å². The Morgan fingerprint density at radius 1 is 1.50 bits per heavy atom. The molecule has 2 rings (SSSR count). The molecule has 84 valence electrons. The van der Waals surface area contributed by atoms with Crippen LogP contribution in [-0.2, 0) is 0 Å². The second kappa shape index (κ2) is 5.00. The van der Waals surface area contributed by atoms with Crippen LogP contribution < -0.4 is 4.74 Å². The van der Waals surface area contributed by atoms with Crippen LogP contribution in [0.3, 0.4) is 0 Å². The van der Waals surface area contributed by atoms with Gasteiger partial charge in [-0.3, -0.25) is 0 Å². The highest BCUT2D eigenvalue weighted by Crippen LogP contribution is 2.18. The lowest BCUT2D eigenvalue weighted by molar-refractivity contribution is 0.104. The molecule has 1 unspecified atom stereocenters. The van der Waals surface area contributed by atoms with E-state index in [0.717, 1.165) is 25.3 Å². The van der Waals surface area contributed by atoms with E-state index in [0.29, 0.717) is 5.56 Å². The second-order valence-electron chi connectivity index (χ2n) is 4.28. The number of hydrogen-bond donors (Lipinski definition) is 0. The Bertz CT molecular complexity index is 397. The summed E-state index contributed by atoms with van der Waals surface area (Å²) in [4.78, 5) is 2.28. The van der Waals surface area contributed by atoms with E-state index in [-0.39, 0.29) is 6.10 Å². The lowest BCUT2D eigenvalue weighted by Crippen LogP contribution is -2.38. The van der Waals surface area contributed by atoms with E-state index in [1.165, 1.54) is 6.42 Å². The molecule has 3 nitrogen and oxygen atoms in total. The first-order valence-corrected chi connectivity index (χ1v) is 5.63. The van der Waals surface area contributed by atoms with Gasteiger partial charge in [0.2, 0.25) is 0 Å². The van der Waals surface area contributed by atoms with Crippen molar-refractivity contribution in [3.63, 3.8) is 0 Å². The van der Waals surface area contributed by atoms with E-state index in [9.17, 15) is 0 Å². The molecule has 1 fully saturated rings. The number of hydrogen-bond acceptors (Lipinski definition) is 3. The lowest BCUT2D eigenvalue weighted by atomic mass is 10.1. The molecular formula is C13H16N2O. The van der Waals surface area contributed by atoms with Crippen LogP contribution in [-0.4, -0.2) is 31.1 Å². The van der Waals surface area contributed by atoms with Gasteiger partial charge < -0.3 is 9.64 Å². The number of ether oxygens (including phenoxy) is 1. The first kappa shape index (κ1) is 11.0. The summed E-state index contributed by atoms with van der Waals surface area (Å²) in [7, 11) is 2.11. The Morgan fingerprint density at radius 2 is 2.38 bits per heavy atom. The zero-order chi connectivity index (χ0) is 11.4. The third-order valence-corrected chi connectivity index (χ3v) is 2.85. The Morgan fingerprint density at radius 3 is 3.12 bits per heavy atom. The van der Waals surface area contributed by atoms with Gasteiger partial charge in [-0.05, 0) is 44.6 Å². The SMILES string of the molecule is CN1CCCC(Oc2cccc(C#N)c2)C1. The molecule has 0 N–H and O–H groups in total. The molecule has 0 bridgehead atoms. The predicted molar refractivity (Wildman–Crippen MR) is 62.3 cm³/mol. The molecule has 1 aliphatic heterocycles. The maximum atomic E-state index is 8.80. The minimum atomic E-state index is 0.257. The average Bonchev–Trinajstić information content (AvgIpc) is 2.29. The van der Waals surface area contributed by atoms with Crippen molar-refractivity contribution in [3.05, 3.63) is 29.8 Å². The monoisotopic (exact) mass is 216 g/mol. The van der Waals surface area contributed by atoms with Gasteiger partial charge in [-0.15, -0.1) is 0 Å². The molecule has 1 aromatic rings. The van der Waals surface area contributed by atoms with Crippen molar-refractivity contribution >= 4 is 0 Å². The van der Waals surface area contributed by atoms with Crippen molar-refractivity contribution in [1.82, 2.24) is 4.90 Å². The third-order valence-electron chi connectivity index (χ3n) is 2.85. The zero-order valence-corrected chi connectivity index (χ0v) is 9.52. The Balaban J connectivity index is 2.00. The highest BCUT2D eigenvalue weighted by atomic mass is 16.5. The van der Waals surface area contributed by atoms with Gasteiger partial charge in [-0.25, -0.2) is 0 Å². The number of piperidine rings is 1. The summed E-state index contributed by atoms with van der Waals surface area (Å²) in [5.74, 6) is 0.805. The smallest absolute Gasteiger partial charge is 0.121 e. The molecule has 1 heterocycles. The highest BCUT2D eigenvalue weighted by molar-refractivity contribution is 5.36. The molecule has 0 aromatic heterocycles. The summed E-state index contributed by atoms with van der Waals surface area (Å²) in [5.41, 5.74) is 0.654. The number of likely N-dealkylation sites (tertiary alicyclic amines) is 1. The van der Waals surface area contributed by atoms with Gasteiger partial charge in [0, 0.05) is 6.54 Å². The van der Waals surface area contributed by atoms with E-state index in [4.69, 9.17) is 10.00 Å². The van der Waals surface area contributed by atoms with Crippen LogP contribution in [0.5, 0.6) is 5.75 Å². The van der Waals surface area contributed by atoms with E-state index < -0.39 is 0 Å². The van der Waals surface area contributed by atoms with Gasteiger partial charge >= 0.3 is 0 Å². The molecule has 0 spiro atoms. The maximum absolute atomic E-state index is 8.80. The molecule has 1 aromatic carbocycles. The van der Waals surface area contributed by atoms with Crippen LogP contribution in [0.4, 0.5) is 0 Å². The van der Waals surface area contributed by atoms with Crippen molar-refractivity contribution in [2.45, 2.75) is 18.9 Å². The minimum Gasteiger partial charge on any atom is -0.489 e. The molecule has 0 radical (unpaired) electrons. The minimum absolute atomic E-state index is 0.257.